The van der Waals surface area contributed by atoms with E-state index in [0.717, 1.165) is 17.7 Å². The summed E-state index contributed by atoms with van der Waals surface area (Å²) < 4.78 is 5.54. The summed E-state index contributed by atoms with van der Waals surface area (Å²) in [6.45, 7) is 1.74. The Morgan fingerprint density at radius 1 is 0.909 bits per heavy atom. The lowest BCUT2D eigenvalue weighted by Crippen LogP contribution is -2.44. The summed E-state index contributed by atoms with van der Waals surface area (Å²) in [5.74, 6) is -0.0967. The van der Waals surface area contributed by atoms with Crippen LogP contribution in [-0.2, 0) is 21.4 Å². The van der Waals surface area contributed by atoms with Gasteiger partial charge >= 0.3 is 0 Å². The van der Waals surface area contributed by atoms with Gasteiger partial charge in [0.25, 0.3) is 5.91 Å². The van der Waals surface area contributed by atoms with Crippen molar-refractivity contribution in [2.75, 3.05) is 30.0 Å². The van der Waals surface area contributed by atoms with Crippen molar-refractivity contribution in [2.45, 2.75) is 24.7 Å². The highest BCUT2D eigenvalue weighted by Crippen LogP contribution is 2.37. The fourth-order valence-corrected chi connectivity index (χ4v) is 4.91. The molecule has 3 aromatic rings. The van der Waals surface area contributed by atoms with Crippen LogP contribution in [0.15, 0.2) is 72.8 Å². The van der Waals surface area contributed by atoms with Gasteiger partial charge in [-0.1, -0.05) is 41.9 Å². The largest absolute Gasteiger partial charge is 0.381 e. The molecule has 33 heavy (non-hydrogen) atoms. The topological polar surface area (TPSA) is 58.6 Å². The first-order valence-electron chi connectivity index (χ1n) is 11.2. The predicted octanol–water partition coefficient (Wildman–Crippen LogP) is 5.23. The van der Waals surface area contributed by atoms with E-state index >= 15 is 0 Å². The van der Waals surface area contributed by atoms with Gasteiger partial charge < -0.3 is 15.0 Å². The molecule has 0 radical (unpaired) electrons. The molecular weight excluding hydrogens is 436 g/mol. The van der Waals surface area contributed by atoms with Crippen molar-refractivity contribution in [3.05, 3.63) is 94.5 Å². The van der Waals surface area contributed by atoms with E-state index in [1.807, 2.05) is 47.4 Å². The van der Waals surface area contributed by atoms with Gasteiger partial charge in [0.2, 0.25) is 5.91 Å². The molecule has 2 aliphatic rings. The van der Waals surface area contributed by atoms with Crippen LogP contribution in [0.25, 0.3) is 0 Å². The number of nitrogens with zero attached hydrogens (tertiary/aromatic N) is 1. The number of para-hydroxylation sites is 1. The van der Waals surface area contributed by atoms with Gasteiger partial charge in [-0.05, 0) is 72.9 Å². The molecule has 0 saturated carbocycles. The molecule has 6 heteroatoms. The zero-order chi connectivity index (χ0) is 22.8. The second-order valence-corrected chi connectivity index (χ2v) is 9.00. The molecule has 1 fully saturated rings. The summed E-state index contributed by atoms with van der Waals surface area (Å²) in [6, 6.07) is 22.6. The lowest BCUT2D eigenvalue weighted by molar-refractivity contribution is -0.125. The monoisotopic (exact) mass is 460 g/mol. The lowest BCUT2D eigenvalue weighted by atomic mass is 9.73. The summed E-state index contributed by atoms with van der Waals surface area (Å²) in [7, 11) is 0. The van der Waals surface area contributed by atoms with E-state index in [-0.39, 0.29) is 11.8 Å². The molecule has 2 amide bonds. The summed E-state index contributed by atoms with van der Waals surface area (Å²) in [5.41, 5.74) is 3.70. The van der Waals surface area contributed by atoms with Crippen LogP contribution in [-0.4, -0.2) is 31.6 Å². The van der Waals surface area contributed by atoms with Crippen LogP contribution in [0, 0.1) is 0 Å². The minimum Gasteiger partial charge on any atom is -0.381 e. The first-order chi connectivity index (χ1) is 16.1. The van der Waals surface area contributed by atoms with Gasteiger partial charge in [0, 0.05) is 41.7 Å². The van der Waals surface area contributed by atoms with Crippen molar-refractivity contribution < 1.29 is 14.3 Å². The Hall–Kier alpha value is -3.15. The second-order valence-electron chi connectivity index (χ2n) is 8.57. The molecule has 0 unspecified atom stereocenters. The van der Waals surface area contributed by atoms with Gasteiger partial charge in [0.1, 0.15) is 0 Å². The number of rotatable bonds is 4. The number of carbonyl (C=O) groups is 2. The number of hydrogen-bond acceptors (Lipinski definition) is 3. The maximum absolute atomic E-state index is 13.5. The highest BCUT2D eigenvalue weighted by molar-refractivity contribution is 6.30. The molecule has 168 valence electrons. The second kappa shape index (κ2) is 9.00. The highest BCUT2D eigenvalue weighted by Gasteiger charge is 2.41. The molecule has 2 heterocycles. The average molecular weight is 461 g/mol. The van der Waals surface area contributed by atoms with Crippen LogP contribution < -0.4 is 10.2 Å². The first kappa shape index (κ1) is 21.7. The Balaban J connectivity index is 1.33. The van der Waals surface area contributed by atoms with Crippen LogP contribution in [0.5, 0.6) is 0 Å². The van der Waals surface area contributed by atoms with E-state index in [2.05, 4.69) is 11.4 Å². The number of fused-ring (bicyclic) bond motifs is 1. The quantitative estimate of drug-likeness (QED) is 0.580. The fourth-order valence-electron chi connectivity index (χ4n) is 4.79. The number of carbonyl (C=O) groups excluding carboxylic acids is 2. The molecule has 1 saturated heterocycles. The summed E-state index contributed by atoms with van der Waals surface area (Å²) >= 11 is 6.06. The Bertz CT molecular complexity index is 1170. The average Bonchev–Trinajstić information content (AvgIpc) is 3.29. The van der Waals surface area contributed by atoms with E-state index in [0.29, 0.717) is 48.9 Å². The third kappa shape index (κ3) is 4.14. The van der Waals surface area contributed by atoms with E-state index in [4.69, 9.17) is 16.3 Å². The zero-order valence-corrected chi connectivity index (χ0v) is 19.0. The van der Waals surface area contributed by atoms with Crippen LogP contribution in [0.2, 0.25) is 5.02 Å². The molecule has 0 aromatic heterocycles. The van der Waals surface area contributed by atoms with Gasteiger partial charge in [0.15, 0.2) is 0 Å². The van der Waals surface area contributed by atoms with Crippen molar-refractivity contribution in [1.29, 1.82) is 0 Å². The highest BCUT2D eigenvalue weighted by atomic mass is 35.5. The standard InChI is InChI=1S/C27H25ClN2O3/c28-22-9-7-21(8-10-22)27(14-17-33-18-15-27)26(32)29-23-11-5-20(6-12-23)25(31)30-16-13-19-3-1-2-4-24(19)30/h1-12H,13-18H2,(H,29,32). The zero-order valence-electron chi connectivity index (χ0n) is 18.2. The molecule has 0 aliphatic carbocycles. The van der Waals surface area contributed by atoms with Crippen LogP contribution >= 0.6 is 11.6 Å². The predicted molar refractivity (Wildman–Crippen MR) is 130 cm³/mol. The number of hydrogen-bond donors (Lipinski definition) is 1. The maximum Gasteiger partial charge on any atom is 0.258 e. The number of anilines is 2. The van der Waals surface area contributed by atoms with Crippen molar-refractivity contribution in [1.82, 2.24) is 0 Å². The van der Waals surface area contributed by atoms with Crippen LogP contribution in [0.3, 0.4) is 0 Å². The summed E-state index contributed by atoms with van der Waals surface area (Å²) in [4.78, 5) is 28.4. The molecule has 0 spiro atoms. The van der Waals surface area contributed by atoms with Crippen molar-refractivity contribution >= 4 is 34.8 Å². The van der Waals surface area contributed by atoms with E-state index in [9.17, 15) is 9.59 Å². The number of amides is 2. The number of nitrogens with one attached hydrogen (secondary N) is 1. The van der Waals surface area contributed by atoms with Gasteiger partial charge in [0.05, 0.1) is 5.41 Å². The smallest absolute Gasteiger partial charge is 0.258 e. The molecule has 5 rings (SSSR count). The number of benzene rings is 3. The van der Waals surface area contributed by atoms with Crippen molar-refractivity contribution in [3.8, 4) is 0 Å². The Morgan fingerprint density at radius 3 is 2.33 bits per heavy atom. The van der Waals surface area contributed by atoms with Crippen molar-refractivity contribution in [3.63, 3.8) is 0 Å². The van der Waals surface area contributed by atoms with Gasteiger partial charge in [-0.15, -0.1) is 0 Å². The first-order valence-corrected chi connectivity index (χ1v) is 11.6. The fraction of sp³-hybridized carbons (Fsp3) is 0.259. The molecule has 5 nitrogen and oxygen atoms in total. The molecular formula is C27H25ClN2O3. The van der Waals surface area contributed by atoms with E-state index in [1.54, 1.807) is 24.3 Å². The number of ether oxygens (including phenoxy) is 1. The van der Waals surface area contributed by atoms with Crippen LogP contribution in [0.1, 0.15) is 34.3 Å². The molecule has 0 bridgehead atoms. The van der Waals surface area contributed by atoms with Crippen molar-refractivity contribution in [2.24, 2.45) is 0 Å². The molecule has 0 atom stereocenters. The molecule has 1 N–H and O–H groups in total. The van der Waals surface area contributed by atoms with E-state index < -0.39 is 5.41 Å². The SMILES string of the molecule is O=C(c1ccc(NC(=O)C2(c3ccc(Cl)cc3)CCOCC2)cc1)N1CCc2ccccc21. The normalized spacial score (nSPS) is 16.8. The molecule has 2 aliphatic heterocycles. The summed E-state index contributed by atoms with van der Waals surface area (Å²) in [6.07, 6.45) is 2.07. The lowest BCUT2D eigenvalue weighted by Gasteiger charge is -2.36. The third-order valence-corrected chi connectivity index (χ3v) is 6.95. The maximum atomic E-state index is 13.5. The molecule has 3 aromatic carbocycles. The van der Waals surface area contributed by atoms with Gasteiger partial charge in [-0.2, -0.15) is 0 Å². The summed E-state index contributed by atoms with van der Waals surface area (Å²) in [5, 5.41) is 3.71. The Morgan fingerprint density at radius 2 is 1.61 bits per heavy atom. The Kier molecular flexibility index (Phi) is 5.92. The van der Waals surface area contributed by atoms with Gasteiger partial charge in [-0.3, -0.25) is 9.59 Å². The van der Waals surface area contributed by atoms with E-state index in [1.165, 1.54) is 5.56 Å². The Labute approximate surface area is 198 Å². The number of halogens is 1. The van der Waals surface area contributed by atoms with Gasteiger partial charge in [-0.25, -0.2) is 0 Å². The minimum atomic E-state index is -0.670. The third-order valence-electron chi connectivity index (χ3n) is 6.70. The minimum absolute atomic E-state index is 0.0279. The van der Waals surface area contributed by atoms with Crippen LogP contribution in [0.4, 0.5) is 11.4 Å².